The van der Waals surface area contributed by atoms with E-state index in [1.807, 2.05) is 30.3 Å². The molecule has 0 aromatic heterocycles. The number of carbonyl (C=O) groups is 1. The number of rotatable bonds is 5. The molecule has 1 heterocycles. The Morgan fingerprint density at radius 2 is 1.71 bits per heavy atom. The van der Waals surface area contributed by atoms with E-state index in [9.17, 15) is 4.79 Å². The number of halogens is 1. The molecule has 0 bridgehead atoms. The zero-order valence-electron chi connectivity index (χ0n) is 13.4. The van der Waals surface area contributed by atoms with E-state index in [0.29, 0.717) is 31.2 Å². The lowest BCUT2D eigenvalue weighted by atomic mass is 10.1. The maximum atomic E-state index is 12.0. The van der Waals surface area contributed by atoms with Gasteiger partial charge in [0.2, 0.25) is 5.91 Å². The van der Waals surface area contributed by atoms with E-state index in [2.05, 4.69) is 5.32 Å². The quantitative estimate of drug-likeness (QED) is 0.903. The van der Waals surface area contributed by atoms with E-state index in [0.717, 1.165) is 35.5 Å². The Bertz CT molecular complexity index is 700. The van der Waals surface area contributed by atoms with Crippen molar-refractivity contribution in [1.82, 2.24) is 5.32 Å². The van der Waals surface area contributed by atoms with Gasteiger partial charge in [-0.05, 0) is 41.8 Å². The van der Waals surface area contributed by atoms with Crippen LogP contribution in [0.1, 0.15) is 17.5 Å². The van der Waals surface area contributed by atoms with Gasteiger partial charge in [-0.2, -0.15) is 0 Å². The molecule has 0 atom stereocenters. The fourth-order valence-electron chi connectivity index (χ4n) is 2.56. The minimum Gasteiger partial charge on any atom is -0.490 e. The molecule has 3 rings (SSSR count). The van der Waals surface area contributed by atoms with Crippen molar-refractivity contribution in [1.29, 1.82) is 0 Å². The molecule has 0 unspecified atom stereocenters. The van der Waals surface area contributed by atoms with Crippen LogP contribution in [0.15, 0.2) is 42.5 Å². The zero-order chi connectivity index (χ0) is 16.8. The third kappa shape index (κ3) is 4.65. The van der Waals surface area contributed by atoms with Crippen molar-refractivity contribution in [3.8, 4) is 11.5 Å². The summed E-state index contributed by atoms with van der Waals surface area (Å²) in [4.78, 5) is 12.0. The van der Waals surface area contributed by atoms with Gasteiger partial charge in [0.05, 0.1) is 19.6 Å². The standard InChI is InChI=1S/C19H20ClNO3/c20-16-5-2-14(3-6-16)13-19(22)21-9-8-15-4-7-17-18(12-15)24-11-1-10-23-17/h2-7,12H,1,8-11,13H2,(H,21,22). The third-order valence-electron chi connectivity index (χ3n) is 3.83. The van der Waals surface area contributed by atoms with E-state index in [1.165, 1.54) is 0 Å². The van der Waals surface area contributed by atoms with Gasteiger partial charge in [0.1, 0.15) is 0 Å². The number of amides is 1. The third-order valence-corrected chi connectivity index (χ3v) is 4.08. The van der Waals surface area contributed by atoms with Gasteiger partial charge < -0.3 is 14.8 Å². The van der Waals surface area contributed by atoms with Gasteiger partial charge in [0.15, 0.2) is 11.5 Å². The van der Waals surface area contributed by atoms with E-state index in [4.69, 9.17) is 21.1 Å². The predicted molar refractivity (Wildman–Crippen MR) is 93.9 cm³/mol. The number of ether oxygens (including phenoxy) is 2. The van der Waals surface area contributed by atoms with Gasteiger partial charge in [-0.25, -0.2) is 0 Å². The Morgan fingerprint density at radius 3 is 2.50 bits per heavy atom. The molecule has 0 saturated carbocycles. The molecule has 4 nitrogen and oxygen atoms in total. The Kier molecular flexibility index (Phi) is 5.59. The number of benzene rings is 2. The molecule has 0 aliphatic carbocycles. The van der Waals surface area contributed by atoms with Crippen LogP contribution in [0.5, 0.6) is 11.5 Å². The summed E-state index contributed by atoms with van der Waals surface area (Å²) in [6.07, 6.45) is 2.01. The minimum absolute atomic E-state index is 0.00617. The minimum atomic E-state index is 0.00617. The molecule has 1 amide bonds. The number of nitrogens with one attached hydrogen (secondary N) is 1. The number of carbonyl (C=O) groups excluding carboxylic acids is 1. The molecule has 0 spiro atoms. The first-order valence-corrected chi connectivity index (χ1v) is 8.48. The van der Waals surface area contributed by atoms with Gasteiger partial charge in [0, 0.05) is 18.0 Å². The summed E-state index contributed by atoms with van der Waals surface area (Å²) in [5.74, 6) is 1.59. The lowest BCUT2D eigenvalue weighted by Crippen LogP contribution is -2.27. The first-order valence-electron chi connectivity index (χ1n) is 8.10. The summed E-state index contributed by atoms with van der Waals surface area (Å²) < 4.78 is 11.3. The van der Waals surface area contributed by atoms with E-state index < -0.39 is 0 Å². The maximum absolute atomic E-state index is 12.0. The first kappa shape index (κ1) is 16.7. The second kappa shape index (κ2) is 8.06. The highest BCUT2D eigenvalue weighted by Crippen LogP contribution is 2.30. The molecule has 1 N–H and O–H groups in total. The fraction of sp³-hybridized carbons (Fsp3) is 0.316. The summed E-state index contributed by atoms with van der Waals surface area (Å²) in [6, 6.07) is 13.3. The molecular formula is C19H20ClNO3. The summed E-state index contributed by atoms with van der Waals surface area (Å²) in [7, 11) is 0. The van der Waals surface area contributed by atoms with E-state index in [-0.39, 0.29) is 5.91 Å². The molecule has 24 heavy (non-hydrogen) atoms. The molecule has 0 saturated heterocycles. The summed E-state index contributed by atoms with van der Waals surface area (Å²) in [6.45, 7) is 1.95. The van der Waals surface area contributed by atoms with E-state index >= 15 is 0 Å². The van der Waals surface area contributed by atoms with Crippen LogP contribution in [0.3, 0.4) is 0 Å². The monoisotopic (exact) mass is 345 g/mol. The average molecular weight is 346 g/mol. The molecule has 126 valence electrons. The van der Waals surface area contributed by atoms with Crippen LogP contribution in [-0.2, 0) is 17.6 Å². The normalized spacial score (nSPS) is 13.2. The van der Waals surface area contributed by atoms with Crippen LogP contribution in [0.4, 0.5) is 0 Å². The van der Waals surface area contributed by atoms with E-state index in [1.54, 1.807) is 12.1 Å². The molecule has 1 aliphatic heterocycles. The summed E-state index contributed by atoms with van der Waals surface area (Å²) in [5, 5.41) is 3.62. The molecule has 1 aliphatic rings. The van der Waals surface area contributed by atoms with Crippen LogP contribution in [0, 0.1) is 0 Å². The van der Waals surface area contributed by atoms with Gasteiger partial charge in [-0.1, -0.05) is 29.8 Å². The van der Waals surface area contributed by atoms with Gasteiger partial charge in [-0.3, -0.25) is 4.79 Å². The number of hydrogen-bond donors (Lipinski definition) is 1. The van der Waals surface area contributed by atoms with Crippen LogP contribution in [0.2, 0.25) is 5.02 Å². The van der Waals surface area contributed by atoms with Crippen LogP contribution in [-0.4, -0.2) is 25.7 Å². The molecule has 0 fully saturated rings. The number of hydrogen-bond acceptors (Lipinski definition) is 3. The van der Waals surface area contributed by atoms with Crippen LogP contribution in [0.25, 0.3) is 0 Å². The highest BCUT2D eigenvalue weighted by atomic mass is 35.5. The van der Waals surface area contributed by atoms with Crippen LogP contribution < -0.4 is 14.8 Å². The smallest absolute Gasteiger partial charge is 0.224 e. The lowest BCUT2D eigenvalue weighted by Gasteiger charge is -2.10. The molecule has 2 aromatic rings. The van der Waals surface area contributed by atoms with Gasteiger partial charge in [0.25, 0.3) is 0 Å². The largest absolute Gasteiger partial charge is 0.490 e. The molecule has 0 radical (unpaired) electrons. The molecule has 2 aromatic carbocycles. The average Bonchev–Trinajstić information content (AvgIpc) is 2.82. The van der Waals surface area contributed by atoms with Crippen molar-refractivity contribution in [2.75, 3.05) is 19.8 Å². The SMILES string of the molecule is O=C(Cc1ccc(Cl)cc1)NCCc1ccc2c(c1)OCCCO2. The predicted octanol–water partition coefficient (Wildman–Crippen LogP) is 3.40. The fourth-order valence-corrected chi connectivity index (χ4v) is 2.69. The van der Waals surface area contributed by atoms with Gasteiger partial charge in [-0.15, -0.1) is 0 Å². The van der Waals surface area contributed by atoms with Crippen molar-refractivity contribution in [2.24, 2.45) is 0 Å². The first-order chi connectivity index (χ1) is 11.7. The second-order valence-electron chi connectivity index (χ2n) is 5.73. The van der Waals surface area contributed by atoms with Crippen molar-refractivity contribution < 1.29 is 14.3 Å². The van der Waals surface area contributed by atoms with Crippen molar-refractivity contribution >= 4 is 17.5 Å². The number of fused-ring (bicyclic) bond motifs is 1. The Balaban J connectivity index is 1.48. The Morgan fingerprint density at radius 1 is 1.00 bits per heavy atom. The summed E-state index contributed by atoms with van der Waals surface area (Å²) in [5.41, 5.74) is 2.07. The summed E-state index contributed by atoms with van der Waals surface area (Å²) >= 11 is 5.84. The molecular weight excluding hydrogens is 326 g/mol. The lowest BCUT2D eigenvalue weighted by molar-refractivity contribution is -0.120. The van der Waals surface area contributed by atoms with Crippen molar-refractivity contribution in [3.63, 3.8) is 0 Å². The molecule has 5 heteroatoms. The maximum Gasteiger partial charge on any atom is 0.224 e. The highest BCUT2D eigenvalue weighted by molar-refractivity contribution is 6.30. The second-order valence-corrected chi connectivity index (χ2v) is 6.17. The zero-order valence-corrected chi connectivity index (χ0v) is 14.1. The van der Waals surface area contributed by atoms with Crippen molar-refractivity contribution in [3.05, 3.63) is 58.6 Å². The Hall–Kier alpha value is -2.20. The van der Waals surface area contributed by atoms with Gasteiger partial charge >= 0.3 is 0 Å². The van der Waals surface area contributed by atoms with Crippen molar-refractivity contribution in [2.45, 2.75) is 19.3 Å². The topological polar surface area (TPSA) is 47.6 Å². The Labute approximate surface area is 146 Å². The highest BCUT2D eigenvalue weighted by Gasteiger charge is 2.10. The van der Waals surface area contributed by atoms with Crippen LogP contribution >= 0.6 is 11.6 Å².